The van der Waals surface area contributed by atoms with E-state index >= 15 is 0 Å². The van der Waals surface area contributed by atoms with E-state index in [1.807, 2.05) is 12.1 Å². The van der Waals surface area contributed by atoms with E-state index < -0.39 is 0 Å². The van der Waals surface area contributed by atoms with Crippen LogP contribution in [0.3, 0.4) is 0 Å². The molecule has 0 radical (unpaired) electrons. The van der Waals surface area contributed by atoms with Crippen LogP contribution in [0, 0.1) is 5.92 Å². The number of nitrogens with one attached hydrogen (secondary N) is 1. The van der Waals surface area contributed by atoms with Crippen LogP contribution < -0.4 is 5.32 Å². The summed E-state index contributed by atoms with van der Waals surface area (Å²) in [5.41, 5.74) is 0.922. The molecule has 0 heterocycles. The van der Waals surface area contributed by atoms with Crippen LogP contribution in [-0.2, 0) is 0 Å². The summed E-state index contributed by atoms with van der Waals surface area (Å²) in [5, 5.41) is 4.82. The largest absolute Gasteiger partial charge is 0.381 e. The van der Waals surface area contributed by atoms with Crippen molar-refractivity contribution in [3.05, 3.63) is 28.2 Å². The molecular formula is C13H19Cl2N. The first kappa shape index (κ1) is 13.7. The summed E-state index contributed by atoms with van der Waals surface area (Å²) in [5.74, 6) is 0.735. The lowest BCUT2D eigenvalue weighted by Crippen LogP contribution is -2.16. The fraction of sp³-hybridized carbons (Fsp3) is 0.538. The number of rotatable bonds is 5. The third kappa shape index (κ3) is 4.63. The molecule has 0 saturated carbocycles. The first-order valence-electron chi connectivity index (χ1n) is 5.70. The van der Waals surface area contributed by atoms with Crippen molar-refractivity contribution in [1.82, 2.24) is 0 Å². The minimum atomic E-state index is 0.415. The number of halogens is 2. The molecule has 1 N–H and O–H groups in total. The van der Waals surface area contributed by atoms with Gasteiger partial charge < -0.3 is 5.32 Å². The maximum Gasteiger partial charge on any atom is 0.0638 e. The first-order chi connectivity index (χ1) is 7.49. The number of benzene rings is 1. The van der Waals surface area contributed by atoms with E-state index in [1.165, 1.54) is 6.42 Å². The van der Waals surface area contributed by atoms with Crippen LogP contribution in [-0.4, -0.2) is 6.04 Å². The molecule has 0 aliphatic heterocycles. The Hall–Kier alpha value is -0.400. The van der Waals surface area contributed by atoms with Gasteiger partial charge in [-0.05, 0) is 43.9 Å². The lowest BCUT2D eigenvalue weighted by Gasteiger charge is -2.17. The average molecular weight is 260 g/mol. The maximum absolute atomic E-state index is 6.08. The Labute approximate surface area is 108 Å². The average Bonchev–Trinajstić information content (AvgIpc) is 2.20. The van der Waals surface area contributed by atoms with Crippen LogP contribution >= 0.6 is 23.2 Å². The van der Waals surface area contributed by atoms with Gasteiger partial charge in [0.25, 0.3) is 0 Å². The van der Waals surface area contributed by atoms with Crippen molar-refractivity contribution in [1.29, 1.82) is 0 Å². The molecule has 0 fully saturated rings. The van der Waals surface area contributed by atoms with Crippen molar-refractivity contribution in [3.8, 4) is 0 Å². The van der Waals surface area contributed by atoms with Crippen LogP contribution in [0.25, 0.3) is 0 Å². The van der Waals surface area contributed by atoms with Crippen LogP contribution in [0.4, 0.5) is 5.69 Å². The van der Waals surface area contributed by atoms with Crippen molar-refractivity contribution in [3.63, 3.8) is 0 Å². The predicted octanol–water partition coefficient (Wildman–Crippen LogP) is 5.23. The SMILES string of the molecule is CC(C)CCC(C)Nc1cc(Cl)ccc1Cl. The van der Waals surface area contributed by atoms with Gasteiger partial charge in [0.05, 0.1) is 10.7 Å². The molecule has 0 aliphatic carbocycles. The Bertz CT molecular complexity index is 337. The molecule has 3 heteroatoms. The van der Waals surface area contributed by atoms with Crippen LogP contribution in [0.2, 0.25) is 10.0 Å². The highest BCUT2D eigenvalue weighted by molar-refractivity contribution is 6.35. The Morgan fingerprint density at radius 2 is 1.81 bits per heavy atom. The van der Waals surface area contributed by atoms with Gasteiger partial charge in [-0.25, -0.2) is 0 Å². The number of hydrogen-bond donors (Lipinski definition) is 1. The Morgan fingerprint density at radius 3 is 2.44 bits per heavy atom. The molecule has 1 unspecified atom stereocenters. The summed E-state index contributed by atoms with van der Waals surface area (Å²) < 4.78 is 0. The second-order valence-corrected chi connectivity index (χ2v) is 5.48. The molecule has 1 aromatic carbocycles. The quantitative estimate of drug-likeness (QED) is 0.764. The van der Waals surface area contributed by atoms with E-state index in [9.17, 15) is 0 Å². The van der Waals surface area contributed by atoms with Crippen molar-refractivity contribution in [2.24, 2.45) is 5.92 Å². The zero-order chi connectivity index (χ0) is 12.1. The van der Waals surface area contributed by atoms with Crippen molar-refractivity contribution in [2.75, 3.05) is 5.32 Å². The monoisotopic (exact) mass is 259 g/mol. The molecule has 1 aromatic rings. The highest BCUT2D eigenvalue weighted by Crippen LogP contribution is 2.26. The molecule has 0 spiro atoms. The number of hydrogen-bond acceptors (Lipinski definition) is 1. The molecular weight excluding hydrogens is 241 g/mol. The summed E-state index contributed by atoms with van der Waals surface area (Å²) in [6.07, 6.45) is 2.35. The van der Waals surface area contributed by atoms with Gasteiger partial charge >= 0.3 is 0 Å². The van der Waals surface area contributed by atoms with E-state index in [-0.39, 0.29) is 0 Å². The second kappa shape index (κ2) is 6.36. The lowest BCUT2D eigenvalue weighted by molar-refractivity contribution is 0.528. The standard InChI is InChI=1S/C13H19Cl2N/c1-9(2)4-5-10(3)16-13-8-11(14)6-7-12(13)15/h6-10,16H,4-5H2,1-3H3. The van der Waals surface area contributed by atoms with E-state index in [0.717, 1.165) is 23.0 Å². The highest BCUT2D eigenvalue weighted by Gasteiger charge is 2.06. The second-order valence-electron chi connectivity index (χ2n) is 4.64. The van der Waals surface area contributed by atoms with Gasteiger partial charge in [-0.15, -0.1) is 0 Å². The molecule has 1 rings (SSSR count). The van der Waals surface area contributed by atoms with Gasteiger partial charge in [-0.2, -0.15) is 0 Å². The smallest absolute Gasteiger partial charge is 0.0638 e. The first-order valence-corrected chi connectivity index (χ1v) is 6.46. The van der Waals surface area contributed by atoms with Gasteiger partial charge in [0.2, 0.25) is 0 Å². The summed E-state index contributed by atoms with van der Waals surface area (Å²) >= 11 is 12.0. The highest BCUT2D eigenvalue weighted by atomic mass is 35.5. The fourth-order valence-corrected chi connectivity index (χ4v) is 1.87. The maximum atomic E-state index is 6.08. The molecule has 1 nitrogen and oxygen atoms in total. The molecule has 1 atom stereocenters. The van der Waals surface area contributed by atoms with Crippen LogP contribution in [0.15, 0.2) is 18.2 Å². The zero-order valence-electron chi connectivity index (χ0n) is 10.1. The Balaban J connectivity index is 2.55. The van der Waals surface area contributed by atoms with Crippen LogP contribution in [0.1, 0.15) is 33.6 Å². The topological polar surface area (TPSA) is 12.0 Å². The van der Waals surface area contributed by atoms with Crippen molar-refractivity contribution in [2.45, 2.75) is 39.7 Å². The van der Waals surface area contributed by atoms with E-state index in [0.29, 0.717) is 11.1 Å². The lowest BCUT2D eigenvalue weighted by atomic mass is 10.0. The minimum absolute atomic E-state index is 0.415. The summed E-state index contributed by atoms with van der Waals surface area (Å²) in [6, 6.07) is 5.91. The van der Waals surface area contributed by atoms with Crippen LogP contribution in [0.5, 0.6) is 0 Å². The van der Waals surface area contributed by atoms with E-state index in [1.54, 1.807) is 6.07 Å². The van der Waals surface area contributed by atoms with Crippen molar-refractivity contribution >= 4 is 28.9 Å². The van der Waals surface area contributed by atoms with Gasteiger partial charge in [0, 0.05) is 11.1 Å². The molecule has 0 aliphatic rings. The van der Waals surface area contributed by atoms with Gasteiger partial charge in [0.15, 0.2) is 0 Å². The van der Waals surface area contributed by atoms with Gasteiger partial charge in [0.1, 0.15) is 0 Å². The summed E-state index contributed by atoms with van der Waals surface area (Å²) in [7, 11) is 0. The van der Waals surface area contributed by atoms with Crippen molar-refractivity contribution < 1.29 is 0 Å². The fourth-order valence-electron chi connectivity index (χ4n) is 1.53. The molecule has 0 amide bonds. The summed E-state index contributed by atoms with van der Waals surface area (Å²) in [4.78, 5) is 0. The van der Waals surface area contributed by atoms with E-state index in [4.69, 9.17) is 23.2 Å². The normalized spacial score (nSPS) is 12.9. The zero-order valence-corrected chi connectivity index (χ0v) is 11.6. The van der Waals surface area contributed by atoms with E-state index in [2.05, 4.69) is 26.1 Å². The van der Waals surface area contributed by atoms with Gasteiger partial charge in [-0.3, -0.25) is 0 Å². The molecule has 0 saturated heterocycles. The number of anilines is 1. The Kier molecular flexibility index (Phi) is 5.43. The predicted molar refractivity (Wildman–Crippen MR) is 73.6 cm³/mol. The molecule has 90 valence electrons. The molecule has 0 bridgehead atoms. The minimum Gasteiger partial charge on any atom is -0.381 e. The molecule has 0 aromatic heterocycles. The molecule has 16 heavy (non-hydrogen) atoms. The van der Waals surface area contributed by atoms with Gasteiger partial charge in [-0.1, -0.05) is 37.0 Å². The summed E-state index contributed by atoms with van der Waals surface area (Å²) in [6.45, 7) is 6.64. The third-order valence-electron chi connectivity index (χ3n) is 2.51. The third-order valence-corrected chi connectivity index (χ3v) is 3.07. The Morgan fingerprint density at radius 1 is 1.12 bits per heavy atom.